The molecular formula is C36H32O6. The van der Waals surface area contributed by atoms with Crippen molar-refractivity contribution < 1.29 is 29.3 Å². The standard InChI is InChI=1S/C36H32O6/c37-33(38)27-13-7-15-29(31(27)41-25-9-3-1-4-10-25)35-18-23-17-24(19-35)21-36(20-23,22-35)30-16-8-14-28(34(39)40)32(30)42-26-11-5-2-6-12-26/h1-16,23-24H,17-22H2,(H,37,38)(H,39,40). The predicted octanol–water partition coefficient (Wildman–Crippen LogP) is 8.46. The molecule has 2 N–H and O–H groups in total. The van der Waals surface area contributed by atoms with Crippen molar-refractivity contribution in [2.75, 3.05) is 0 Å². The maximum atomic E-state index is 12.4. The molecule has 4 aliphatic carbocycles. The second kappa shape index (κ2) is 10.1. The molecule has 0 aliphatic heterocycles. The molecule has 0 saturated heterocycles. The van der Waals surface area contributed by atoms with Crippen LogP contribution < -0.4 is 9.47 Å². The Morgan fingerprint density at radius 3 is 1.36 bits per heavy atom. The molecular weight excluding hydrogens is 528 g/mol. The number of rotatable bonds is 8. The summed E-state index contributed by atoms with van der Waals surface area (Å²) in [7, 11) is 0. The molecule has 4 bridgehead atoms. The van der Waals surface area contributed by atoms with Crippen molar-refractivity contribution in [3.63, 3.8) is 0 Å². The van der Waals surface area contributed by atoms with Crippen LogP contribution in [0, 0.1) is 11.8 Å². The average Bonchev–Trinajstić information content (AvgIpc) is 2.97. The van der Waals surface area contributed by atoms with Gasteiger partial charge in [-0.15, -0.1) is 0 Å². The van der Waals surface area contributed by atoms with E-state index in [0.717, 1.165) is 49.7 Å². The molecule has 4 saturated carbocycles. The lowest BCUT2D eigenvalue weighted by Gasteiger charge is -2.63. The van der Waals surface area contributed by atoms with Crippen LogP contribution in [0.1, 0.15) is 70.4 Å². The number of benzene rings is 4. The van der Waals surface area contributed by atoms with Gasteiger partial charge in [-0.1, -0.05) is 60.7 Å². The molecule has 0 spiro atoms. The lowest BCUT2D eigenvalue weighted by molar-refractivity contribution is -0.0295. The molecule has 0 heterocycles. The summed E-state index contributed by atoms with van der Waals surface area (Å²) in [5.74, 6) is 0.843. The molecule has 6 nitrogen and oxygen atoms in total. The third-order valence-corrected chi connectivity index (χ3v) is 9.62. The van der Waals surface area contributed by atoms with Crippen molar-refractivity contribution in [3.05, 3.63) is 119 Å². The highest BCUT2D eigenvalue weighted by atomic mass is 16.5. The highest BCUT2D eigenvalue weighted by molar-refractivity contribution is 5.92. The number of hydrogen-bond donors (Lipinski definition) is 2. The number of carbonyl (C=O) groups is 2. The SMILES string of the molecule is O=C(O)c1cccc(C23CC4CC(C2)CC(c2cccc(C(=O)O)c2Oc2ccccc2)(C4)C3)c1Oc1ccccc1. The molecule has 0 atom stereocenters. The Morgan fingerprint density at radius 2 is 0.976 bits per heavy atom. The average molecular weight is 561 g/mol. The Hall–Kier alpha value is -4.58. The van der Waals surface area contributed by atoms with Crippen molar-refractivity contribution in [3.8, 4) is 23.0 Å². The van der Waals surface area contributed by atoms with Gasteiger partial charge in [0.15, 0.2) is 0 Å². The van der Waals surface area contributed by atoms with Crippen LogP contribution in [0.4, 0.5) is 0 Å². The second-order valence-corrected chi connectivity index (χ2v) is 12.3. The van der Waals surface area contributed by atoms with E-state index in [-0.39, 0.29) is 22.0 Å². The fourth-order valence-corrected chi connectivity index (χ4v) is 8.57. The van der Waals surface area contributed by atoms with Gasteiger partial charge in [-0.3, -0.25) is 0 Å². The van der Waals surface area contributed by atoms with Crippen molar-refractivity contribution in [1.82, 2.24) is 0 Å². The third-order valence-electron chi connectivity index (χ3n) is 9.62. The highest BCUT2D eigenvalue weighted by Crippen LogP contribution is 2.68. The molecule has 8 rings (SSSR count). The van der Waals surface area contributed by atoms with Gasteiger partial charge in [0.2, 0.25) is 0 Å². The summed E-state index contributed by atoms with van der Waals surface area (Å²) in [4.78, 5) is 24.9. The zero-order chi connectivity index (χ0) is 28.9. The molecule has 4 aliphatic rings. The van der Waals surface area contributed by atoms with Gasteiger partial charge in [0.1, 0.15) is 34.1 Å². The monoisotopic (exact) mass is 560 g/mol. The molecule has 0 amide bonds. The molecule has 4 fully saturated rings. The number of hydrogen-bond acceptors (Lipinski definition) is 4. The smallest absolute Gasteiger partial charge is 0.339 e. The Bertz CT molecular complexity index is 1530. The van der Waals surface area contributed by atoms with Gasteiger partial charge < -0.3 is 19.7 Å². The first-order valence-corrected chi connectivity index (χ1v) is 14.6. The lowest BCUT2D eigenvalue weighted by Crippen LogP contribution is -2.56. The van der Waals surface area contributed by atoms with E-state index in [0.29, 0.717) is 34.8 Å². The van der Waals surface area contributed by atoms with Gasteiger partial charge in [-0.25, -0.2) is 9.59 Å². The molecule has 0 unspecified atom stereocenters. The first kappa shape index (κ1) is 26.3. The van der Waals surface area contributed by atoms with Crippen LogP contribution in [-0.4, -0.2) is 22.2 Å². The molecule has 212 valence electrons. The van der Waals surface area contributed by atoms with E-state index in [9.17, 15) is 19.8 Å². The van der Waals surface area contributed by atoms with Crippen LogP contribution in [0.15, 0.2) is 97.1 Å². The van der Waals surface area contributed by atoms with E-state index in [1.165, 1.54) is 0 Å². The van der Waals surface area contributed by atoms with Crippen LogP contribution in [0.2, 0.25) is 0 Å². The van der Waals surface area contributed by atoms with Crippen LogP contribution in [0.25, 0.3) is 0 Å². The van der Waals surface area contributed by atoms with Crippen molar-refractivity contribution in [2.45, 2.75) is 49.4 Å². The zero-order valence-corrected chi connectivity index (χ0v) is 23.2. The van der Waals surface area contributed by atoms with E-state index in [1.807, 2.05) is 84.9 Å². The van der Waals surface area contributed by atoms with Gasteiger partial charge in [-0.05, 0) is 86.8 Å². The van der Waals surface area contributed by atoms with E-state index in [1.54, 1.807) is 12.1 Å². The largest absolute Gasteiger partial charge is 0.478 e. The van der Waals surface area contributed by atoms with Crippen LogP contribution in [0.5, 0.6) is 23.0 Å². The summed E-state index contributed by atoms with van der Waals surface area (Å²) in [6, 6.07) is 29.7. The number of carboxylic acid groups (broad SMARTS) is 2. The quantitative estimate of drug-likeness (QED) is 0.225. The van der Waals surface area contributed by atoms with E-state index in [2.05, 4.69) is 0 Å². The highest BCUT2D eigenvalue weighted by Gasteiger charge is 2.60. The summed E-state index contributed by atoms with van der Waals surface area (Å²) in [6.45, 7) is 0. The van der Waals surface area contributed by atoms with Crippen molar-refractivity contribution in [1.29, 1.82) is 0 Å². The molecule has 4 aromatic carbocycles. The lowest BCUT2D eigenvalue weighted by atomic mass is 9.41. The Balaban J connectivity index is 1.37. The Kier molecular flexibility index (Phi) is 6.30. The first-order chi connectivity index (χ1) is 20.4. The van der Waals surface area contributed by atoms with Crippen LogP contribution in [-0.2, 0) is 10.8 Å². The van der Waals surface area contributed by atoms with Gasteiger partial charge in [0.05, 0.1) is 0 Å². The summed E-state index contributed by atoms with van der Waals surface area (Å²) in [5.41, 5.74) is 1.57. The van der Waals surface area contributed by atoms with Gasteiger partial charge in [0.25, 0.3) is 0 Å². The zero-order valence-electron chi connectivity index (χ0n) is 23.2. The van der Waals surface area contributed by atoms with Gasteiger partial charge in [0, 0.05) is 22.0 Å². The number of para-hydroxylation sites is 4. The van der Waals surface area contributed by atoms with Gasteiger partial charge >= 0.3 is 11.9 Å². The first-order valence-electron chi connectivity index (χ1n) is 14.6. The van der Waals surface area contributed by atoms with E-state index < -0.39 is 11.9 Å². The topological polar surface area (TPSA) is 93.1 Å². The molecule has 0 radical (unpaired) electrons. The Morgan fingerprint density at radius 1 is 0.571 bits per heavy atom. The van der Waals surface area contributed by atoms with Crippen LogP contribution >= 0.6 is 0 Å². The molecule has 4 aromatic rings. The molecule has 6 heteroatoms. The minimum atomic E-state index is -1.02. The maximum Gasteiger partial charge on any atom is 0.339 e. The number of aromatic carboxylic acids is 2. The van der Waals surface area contributed by atoms with Gasteiger partial charge in [-0.2, -0.15) is 0 Å². The second-order valence-electron chi connectivity index (χ2n) is 12.3. The number of carboxylic acids is 2. The van der Waals surface area contributed by atoms with Crippen molar-refractivity contribution in [2.24, 2.45) is 11.8 Å². The third kappa shape index (κ3) is 4.42. The maximum absolute atomic E-state index is 12.4. The predicted molar refractivity (Wildman–Crippen MR) is 158 cm³/mol. The van der Waals surface area contributed by atoms with Crippen LogP contribution in [0.3, 0.4) is 0 Å². The molecule has 0 aromatic heterocycles. The summed E-state index contributed by atoms with van der Waals surface area (Å²) in [6.07, 6.45) is 5.71. The molecule has 42 heavy (non-hydrogen) atoms. The normalized spacial score (nSPS) is 25.6. The fraction of sp³-hybridized carbons (Fsp3) is 0.278. The fourth-order valence-electron chi connectivity index (χ4n) is 8.57. The van der Waals surface area contributed by atoms with Crippen molar-refractivity contribution >= 4 is 11.9 Å². The summed E-state index contributed by atoms with van der Waals surface area (Å²) >= 11 is 0. The minimum absolute atomic E-state index is 0.155. The summed E-state index contributed by atoms with van der Waals surface area (Å²) in [5, 5.41) is 20.4. The number of ether oxygens (including phenoxy) is 2. The minimum Gasteiger partial charge on any atom is -0.478 e. The van der Waals surface area contributed by atoms with E-state index in [4.69, 9.17) is 9.47 Å². The van der Waals surface area contributed by atoms with E-state index >= 15 is 0 Å². The summed E-state index contributed by atoms with van der Waals surface area (Å²) < 4.78 is 12.8. The Labute approximate surface area is 244 Å².